The molecule has 15 heteroatoms. The van der Waals surface area contributed by atoms with Gasteiger partial charge in [0.2, 0.25) is 10.0 Å². The highest BCUT2D eigenvalue weighted by Gasteiger charge is 2.42. The summed E-state index contributed by atoms with van der Waals surface area (Å²) < 4.78 is 40.7. The molecule has 2 saturated heterocycles. The first-order valence-electron chi connectivity index (χ1n) is 15.0. The van der Waals surface area contributed by atoms with E-state index in [0.29, 0.717) is 62.8 Å². The molecule has 0 spiro atoms. The number of hydrogen-bond acceptors (Lipinski definition) is 8. The second-order valence-corrected chi connectivity index (χ2v) is 14.1. The second-order valence-electron chi connectivity index (χ2n) is 12.4. The smallest absolute Gasteiger partial charge is 0.320 e. The number of aromatic nitrogens is 5. The maximum atomic E-state index is 14.2. The van der Waals surface area contributed by atoms with Crippen molar-refractivity contribution in [2.75, 3.05) is 50.8 Å². The van der Waals surface area contributed by atoms with E-state index >= 15 is 0 Å². The number of anilines is 1. The first kappa shape index (κ1) is 28.8. The summed E-state index contributed by atoms with van der Waals surface area (Å²) in [5.41, 5.74) is 1.74. The summed E-state index contributed by atoms with van der Waals surface area (Å²) in [5, 5.41) is 9.09. The lowest BCUT2D eigenvalue weighted by Gasteiger charge is -2.43. The van der Waals surface area contributed by atoms with E-state index < -0.39 is 15.6 Å². The van der Waals surface area contributed by atoms with Gasteiger partial charge in [-0.25, -0.2) is 22.4 Å². The van der Waals surface area contributed by atoms with Crippen molar-refractivity contribution in [1.82, 2.24) is 38.5 Å². The van der Waals surface area contributed by atoms with Gasteiger partial charge in [-0.1, -0.05) is 0 Å². The van der Waals surface area contributed by atoms with Gasteiger partial charge in [0.25, 0.3) is 5.56 Å². The summed E-state index contributed by atoms with van der Waals surface area (Å²) >= 11 is 0. The van der Waals surface area contributed by atoms with E-state index in [4.69, 9.17) is 4.74 Å². The van der Waals surface area contributed by atoms with Gasteiger partial charge in [-0.3, -0.25) is 14.0 Å². The number of carbonyl (C=O) groups is 1. The molecule has 44 heavy (non-hydrogen) atoms. The summed E-state index contributed by atoms with van der Waals surface area (Å²) in [4.78, 5) is 33.4. The van der Waals surface area contributed by atoms with Crippen molar-refractivity contribution in [2.45, 2.75) is 49.7 Å². The highest BCUT2D eigenvalue weighted by atomic mass is 32.2. The van der Waals surface area contributed by atoms with Crippen molar-refractivity contribution in [3.8, 4) is 0 Å². The summed E-state index contributed by atoms with van der Waals surface area (Å²) in [5.74, 6) is 0. The molecule has 2 aliphatic heterocycles. The minimum absolute atomic E-state index is 0.0173. The highest BCUT2D eigenvalue weighted by molar-refractivity contribution is 7.89. The number of nitrogens with one attached hydrogen (secondary N) is 1. The van der Waals surface area contributed by atoms with Crippen molar-refractivity contribution in [3.05, 3.63) is 52.7 Å². The zero-order chi connectivity index (χ0) is 30.8. The van der Waals surface area contributed by atoms with Crippen LogP contribution in [-0.2, 0) is 28.4 Å². The number of rotatable bonds is 6. The fourth-order valence-electron chi connectivity index (χ4n) is 6.26. The first-order chi connectivity index (χ1) is 21.0. The van der Waals surface area contributed by atoms with E-state index in [-0.39, 0.29) is 34.5 Å². The number of aryl methyl sites for hydroxylation is 1. The van der Waals surface area contributed by atoms with Gasteiger partial charge in [-0.2, -0.15) is 10.2 Å². The quantitative estimate of drug-likeness (QED) is 0.338. The Balaban J connectivity index is 1.34. The maximum absolute atomic E-state index is 14.2. The SMILES string of the molecule is C[C@@H]1CN(c2cc(S(=O)(=O)NC3(C)CC3)cc3c(=O)n(Cc4cnn(C)c4)c4ccnn4c23)CCN1C(=O)N1CCOCC1. The van der Waals surface area contributed by atoms with Gasteiger partial charge in [-0.15, -0.1) is 0 Å². The van der Waals surface area contributed by atoms with Gasteiger partial charge in [0, 0.05) is 69.2 Å². The molecule has 3 aromatic heterocycles. The fraction of sp³-hybridized carbons (Fsp3) is 0.517. The average Bonchev–Trinajstić information content (AvgIpc) is 3.33. The van der Waals surface area contributed by atoms with Crippen LogP contribution in [0.25, 0.3) is 16.6 Å². The zero-order valence-electron chi connectivity index (χ0n) is 25.1. The van der Waals surface area contributed by atoms with E-state index in [1.165, 1.54) is 6.07 Å². The molecule has 1 N–H and O–H groups in total. The Kier molecular flexibility index (Phi) is 6.93. The summed E-state index contributed by atoms with van der Waals surface area (Å²) in [6.45, 7) is 7.67. The van der Waals surface area contributed by atoms with Crippen molar-refractivity contribution in [2.24, 2.45) is 7.05 Å². The lowest BCUT2D eigenvalue weighted by Crippen LogP contribution is -2.58. The third-order valence-electron chi connectivity index (χ3n) is 8.94. The summed E-state index contributed by atoms with van der Waals surface area (Å²) in [7, 11) is -2.12. The molecule has 0 unspecified atom stereocenters. The molecular weight excluding hydrogens is 586 g/mol. The van der Waals surface area contributed by atoms with Gasteiger partial charge in [0.15, 0.2) is 0 Å². The number of ether oxygens (including phenoxy) is 1. The molecule has 2 amide bonds. The number of piperazine rings is 1. The van der Waals surface area contributed by atoms with Crippen LogP contribution in [0, 0.1) is 0 Å². The van der Waals surface area contributed by atoms with Crippen molar-refractivity contribution in [1.29, 1.82) is 0 Å². The largest absolute Gasteiger partial charge is 0.378 e. The van der Waals surface area contributed by atoms with Gasteiger partial charge in [-0.05, 0) is 38.8 Å². The van der Waals surface area contributed by atoms with Gasteiger partial charge in [0.1, 0.15) is 11.2 Å². The van der Waals surface area contributed by atoms with Crippen molar-refractivity contribution >= 4 is 38.3 Å². The van der Waals surface area contributed by atoms with Gasteiger partial charge < -0.3 is 19.4 Å². The standard InChI is InChI=1S/C29H37N9O5S/c1-20-17-35(8-9-36(20)28(40)34-10-12-43-13-11-34)24-15-22(44(41,42)32-29(2)5-6-29)14-23-26(24)38-25(4-7-30-38)37(27(23)39)19-21-16-31-33(3)18-21/h4,7,14-16,18,20,32H,5-6,8-13,17,19H2,1-3H3/t20-/m1/s1. The van der Waals surface area contributed by atoms with E-state index in [0.717, 1.165) is 18.4 Å². The van der Waals surface area contributed by atoms with Crippen LogP contribution in [-0.4, -0.2) is 106 Å². The minimum Gasteiger partial charge on any atom is -0.378 e. The van der Waals surface area contributed by atoms with Crippen LogP contribution < -0.4 is 15.2 Å². The molecule has 14 nitrogen and oxygen atoms in total. The molecule has 3 fully saturated rings. The molecule has 1 aliphatic carbocycles. The Morgan fingerprint density at radius 3 is 2.59 bits per heavy atom. The highest BCUT2D eigenvalue weighted by Crippen LogP contribution is 2.37. The number of morpholine rings is 1. The van der Waals surface area contributed by atoms with Crippen LogP contribution in [0.3, 0.4) is 0 Å². The van der Waals surface area contributed by atoms with E-state index in [1.807, 2.05) is 36.9 Å². The van der Waals surface area contributed by atoms with Gasteiger partial charge >= 0.3 is 6.03 Å². The molecule has 5 heterocycles. The molecule has 0 radical (unpaired) electrons. The Hall–Kier alpha value is -3.95. The zero-order valence-corrected chi connectivity index (χ0v) is 26.0. The predicted octanol–water partition coefficient (Wildman–Crippen LogP) is 1.22. The number of benzene rings is 1. The Bertz CT molecular complexity index is 1920. The monoisotopic (exact) mass is 623 g/mol. The lowest BCUT2D eigenvalue weighted by molar-refractivity contribution is 0.0389. The number of fused-ring (bicyclic) bond motifs is 3. The summed E-state index contributed by atoms with van der Waals surface area (Å²) in [6.07, 6.45) is 6.70. The molecule has 7 rings (SSSR count). The number of amides is 2. The Labute approximate surface area is 254 Å². The third-order valence-corrected chi connectivity index (χ3v) is 10.6. The molecule has 234 valence electrons. The molecular formula is C29H37N9O5S. The van der Waals surface area contributed by atoms with E-state index in [2.05, 4.69) is 19.8 Å². The maximum Gasteiger partial charge on any atom is 0.320 e. The normalized spacial score (nSPS) is 20.5. The fourth-order valence-corrected chi connectivity index (χ4v) is 7.77. The van der Waals surface area contributed by atoms with Crippen LogP contribution in [0.2, 0.25) is 0 Å². The van der Waals surface area contributed by atoms with Crippen LogP contribution in [0.5, 0.6) is 0 Å². The average molecular weight is 624 g/mol. The topological polar surface area (TPSA) is 139 Å². The van der Waals surface area contributed by atoms with Crippen molar-refractivity contribution in [3.63, 3.8) is 0 Å². The Morgan fingerprint density at radius 2 is 1.91 bits per heavy atom. The van der Waals surface area contributed by atoms with Crippen LogP contribution >= 0.6 is 0 Å². The lowest BCUT2D eigenvalue weighted by atomic mass is 10.1. The third kappa shape index (κ3) is 5.12. The number of nitrogens with zero attached hydrogens (tertiary/aromatic N) is 8. The van der Waals surface area contributed by atoms with E-state index in [9.17, 15) is 18.0 Å². The molecule has 1 atom stereocenters. The van der Waals surface area contributed by atoms with Gasteiger partial charge in [0.05, 0.1) is 48.1 Å². The Morgan fingerprint density at radius 1 is 1.14 bits per heavy atom. The minimum atomic E-state index is -3.94. The van der Waals surface area contributed by atoms with E-state index in [1.54, 1.807) is 38.3 Å². The first-order valence-corrected chi connectivity index (χ1v) is 16.5. The molecule has 1 aromatic carbocycles. The number of carbonyl (C=O) groups excluding carboxylic acids is 1. The molecule has 3 aliphatic rings. The van der Waals surface area contributed by atoms with Crippen LogP contribution in [0.4, 0.5) is 10.5 Å². The number of sulfonamides is 1. The molecule has 1 saturated carbocycles. The molecule has 4 aromatic rings. The summed E-state index contributed by atoms with van der Waals surface area (Å²) in [6, 6.07) is 4.72. The number of hydrogen-bond donors (Lipinski definition) is 1. The number of urea groups is 1. The van der Waals surface area contributed by atoms with Crippen LogP contribution in [0.1, 0.15) is 32.3 Å². The van der Waals surface area contributed by atoms with Crippen molar-refractivity contribution < 1.29 is 17.9 Å². The van der Waals surface area contributed by atoms with Crippen LogP contribution in [0.15, 0.2) is 46.5 Å². The molecule has 0 bridgehead atoms. The second kappa shape index (κ2) is 10.6. The predicted molar refractivity (Wildman–Crippen MR) is 163 cm³/mol.